The van der Waals surface area contributed by atoms with Gasteiger partial charge in [0, 0.05) is 12.1 Å². The molecule has 1 atom stereocenters. The SMILES string of the molecule is CCCCC(CC)Nc1c([N+](=O)[O-])ccc(F)c1F. The number of halogens is 2. The monoisotopic (exact) mass is 272 g/mol. The molecule has 0 aliphatic carbocycles. The van der Waals surface area contributed by atoms with Gasteiger partial charge in [0.05, 0.1) is 4.92 Å². The summed E-state index contributed by atoms with van der Waals surface area (Å²) in [5.41, 5.74) is -0.790. The van der Waals surface area contributed by atoms with E-state index < -0.39 is 22.2 Å². The number of nitrogens with one attached hydrogen (secondary N) is 1. The van der Waals surface area contributed by atoms with E-state index in [1.165, 1.54) is 0 Å². The summed E-state index contributed by atoms with van der Waals surface area (Å²) in [7, 11) is 0. The van der Waals surface area contributed by atoms with Crippen LogP contribution in [0.25, 0.3) is 0 Å². The van der Waals surface area contributed by atoms with Gasteiger partial charge in [-0.1, -0.05) is 26.7 Å². The van der Waals surface area contributed by atoms with E-state index in [4.69, 9.17) is 0 Å². The van der Waals surface area contributed by atoms with E-state index in [1.54, 1.807) is 0 Å². The molecule has 106 valence electrons. The van der Waals surface area contributed by atoms with Gasteiger partial charge in [-0.15, -0.1) is 0 Å². The van der Waals surface area contributed by atoms with E-state index in [0.717, 1.165) is 31.4 Å². The van der Waals surface area contributed by atoms with Crippen LogP contribution < -0.4 is 5.32 Å². The van der Waals surface area contributed by atoms with Crippen molar-refractivity contribution in [1.29, 1.82) is 0 Å². The maximum atomic E-state index is 13.7. The van der Waals surface area contributed by atoms with E-state index in [9.17, 15) is 18.9 Å². The summed E-state index contributed by atoms with van der Waals surface area (Å²) in [6.07, 6.45) is 3.36. The summed E-state index contributed by atoms with van der Waals surface area (Å²) in [6.45, 7) is 3.92. The van der Waals surface area contributed by atoms with Crippen LogP contribution in [-0.4, -0.2) is 11.0 Å². The average molecular weight is 272 g/mol. The summed E-state index contributed by atoms with van der Waals surface area (Å²) in [5.74, 6) is -2.28. The van der Waals surface area contributed by atoms with Crippen molar-refractivity contribution in [3.05, 3.63) is 33.9 Å². The fourth-order valence-corrected chi connectivity index (χ4v) is 1.86. The van der Waals surface area contributed by atoms with Gasteiger partial charge in [-0.25, -0.2) is 8.78 Å². The summed E-state index contributed by atoms with van der Waals surface area (Å²) in [4.78, 5) is 10.1. The van der Waals surface area contributed by atoms with Crippen LogP contribution in [0.2, 0.25) is 0 Å². The number of nitrogens with zero attached hydrogens (tertiary/aromatic N) is 1. The van der Waals surface area contributed by atoms with Gasteiger partial charge in [-0.3, -0.25) is 10.1 Å². The van der Waals surface area contributed by atoms with Crippen molar-refractivity contribution >= 4 is 11.4 Å². The van der Waals surface area contributed by atoms with Gasteiger partial charge in [0.2, 0.25) is 0 Å². The molecule has 6 heteroatoms. The molecule has 0 spiro atoms. The molecule has 0 amide bonds. The molecule has 1 unspecified atom stereocenters. The molecule has 4 nitrogen and oxygen atoms in total. The Morgan fingerprint density at radius 3 is 2.58 bits per heavy atom. The van der Waals surface area contributed by atoms with E-state index >= 15 is 0 Å². The third-order valence-electron chi connectivity index (χ3n) is 3.02. The molecule has 0 aliphatic rings. The van der Waals surface area contributed by atoms with Crippen LogP contribution in [0.15, 0.2) is 12.1 Å². The first-order chi connectivity index (χ1) is 9.01. The highest BCUT2D eigenvalue weighted by Gasteiger charge is 2.23. The van der Waals surface area contributed by atoms with Gasteiger partial charge < -0.3 is 5.32 Å². The lowest BCUT2D eigenvalue weighted by Crippen LogP contribution is -2.20. The second kappa shape index (κ2) is 7.01. The van der Waals surface area contributed by atoms with Crippen molar-refractivity contribution in [1.82, 2.24) is 0 Å². The lowest BCUT2D eigenvalue weighted by atomic mass is 10.1. The topological polar surface area (TPSA) is 55.2 Å². The molecule has 1 aromatic rings. The molecule has 1 rings (SSSR count). The molecule has 1 N–H and O–H groups in total. The van der Waals surface area contributed by atoms with Gasteiger partial charge in [0.25, 0.3) is 5.69 Å². The van der Waals surface area contributed by atoms with Crippen molar-refractivity contribution in [2.75, 3.05) is 5.32 Å². The van der Waals surface area contributed by atoms with E-state index in [1.807, 2.05) is 13.8 Å². The predicted octanol–water partition coefficient (Wildman–Crippen LogP) is 4.25. The zero-order valence-electron chi connectivity index (χ0n) is 11.1. The van der Waals surface area contributed by atoms with Gasteiger partial charge in [-0.2, -0.15) is 0 Å². The molecule has 0 aliphatic heterocycles. The lowest BCUT2D eigenvalue weighted by Gasteiger charge is -2.18. The molecule has 0 saturated carbocycles. The van der Waals surface area contributed by atoms with Gasteiger partial charge in [0.15, 0.2) is 17.3 Å². The first kappa shape index (κ1) is 15.3. The van der Waals surface area contributed by atoms with Crippen molar-refractivity contribution in [3.63, 3.8) is 0 Å². The minimum Gasteiger partial charge on any atom is -0.374 e. The Morgan fingerprint density at radius 2 is 2.05 bits per heavy atom. The quantitative estimate of drug-likeness (QED) is 0.596. The van der Waals surface area contributed by atoms with Crippen molar-refractivity contribution < 1.29 is 13.7 Å². The third kappa shape index (κ3) is 3.87. The summed E-state index contributed by atoms with van der Waals surface area (Å²) >= 11 is 0. The number of nitro groups is 1. The smallest absolute Gasteiger partial charge is 0.295 e. The molecule has 0 radical (unpaired) electrons. The molecule has 0 heterocycles. The van der Waals surface area contributed by atoms with Crippen LogP contribution in [0.5, 0.6) is 0 Å². The number of nitro benzene ring substituents is 1. The van der Waals surface area contributed by atoms with Crippen LogP contribution in [0, 0.1) is 21.7 Å². The summed E-state index contributed by atoms with van der Waals surface area (Å²) < 4.78 is 26.9. The van der Waals surface area contributed by atoms with Gasteiger partial charge in [-0.05, 0) is 18.9 Å². The predicted molar refractivity (Wildman–Crippen MR) is 70.2 cm³/mol. The fraction of sp³-hybridized carbons (Fsp3) is 0.538. The molecule has 19 heavy (non-hydrogen) atoms. The van der Waals surface area contributed by atoms with Crippen molar-refractivity contribution in [2.45, 2.75) is 45.6 Å². The number of anilines is 1. The summed E-state index contributed by atoms with van der Waals surface area (Å²) in [5, 5.41) is 13.6. The van der Waals surface area contributed by atoms with E-state index in [-0.39, 0.29) is 11.7 Å². The Hall–Kier alpha value is -1.72. The highest BCUT2D eigenvalue weighted by molar-refractivity contribution is 5.63. The molecule has 0 aromatic heterocycles. The van der Waals surface area contributed by atoms with Gasteiger partial charge >= 0.3 is 0 Å². The van der Waals surface area contributed by atoms with Crippen LogP contribution in [0.3, 0.4) is 0 Å². The summed E-state index contributed by atoms with van der Waals surface area (Å²) in [6, 6.07) is 1.65. The van der Waals surface area contributed by atoms with Crippen LogP contribution in [0.1, 0.15) is 39.5 Å². The highest BCUT2D eigenvalue weighted by atomic mass is 19.2. The minimum atomic E-state index is -1.19. The minimum absolute atomic E-state index is 0.102. The normalized spacial score (nSPS) is 12.2. The van der Waals surface area contributed by atoms with Crippen molar-refractivity contribution in [3.8, 4) is 0 Å². The first-order valence-corrected chi connectivity index (χ1v) is 6.40. The molecule has 0 bridgehead atoms. The Kier molecular flexibility index (Phi) is 5.66. The first-order valence-electron chi connectivity index (χ1n) is 6.40. The van der Waals surface area contributed by atoms with Crippen molar-refractivity contribution in [2.24, 2.45) is 0 Å². The Balaban J connectivity index is 3.03. The lowest BCUT2D eigenvalue weighted by molar-refractivity contribution is -0.384. The Labute approximate surface area is 111 Å². The van der Waals surface area contributed by atoms with E-state index in [0.29, 0.717) is 6.42 Å². The number of rotatable bonds is 7. The zero-order chi connectivity index (χ0) is 14.4. The van der Waals surface area contributed by atoms with Gasteiger partial charge in [0.1, 0.15) is 0 Å². The highest BCUT2D eigenvalue weighted by Crippen LogP contribution is 2.30. The molecule has 0 saturated heterocycles. The zero-order valence-corrected chi connectivity index (χ0v) is 11.1. The third-order valence-corrected chi connectivity index (χ3v) is 3.02. The standard InChI is InChI=1S/C13H18F2N2O2/c1-3-5-6-9(4-2)16-13-11(17(18)19)8-7-10(14)12(13)15/h7-9,16H,3-6H2,1-2H3. The second-order valence-corrected chi connectivity index (χ2v) is 4.40. The number of unbranched alkanes of at least 4 members (excludes halogenated alkanes) is 1. The Morgan fingerprint density at radius 1 is 1.37 bits per heavy atom. The number of benzene rings is 1. The molecule has 1 aromatic carbocycles. The molecular weight excluding hydrogens is 254 g/mol. The fourth-order valence-electron chi connectivity index (χ4n) is 1.86. The molecule has 0 fully saturated rings. The average Bonchev–Trinajstić information content (AvgIpc) is 2.38. The number of hydrogen-bond donors (Lipinski definition) is 1. The second-order valence-electron chi connectivity index (χ2n) is 4.40. The van der Waals surface area contributed by atoms with Crippen LogP contribution in [-0.2, 0) is 0 Å². The van der Waals surface area contributed by atoms with Crippen LogP contribution >= 0.6 is 0 Å². The van der Waals surface area contributed by atoms with E-state index in [2.05, 4.69) is 5.32 Å². The molecular formula is C13H18F2N2O2. The largest absolute Gasteiger partial charge is 0.374 e. The van der Waals surface area contributed by atoms with Crippen LogP contribution in [0.4, 0.5) is 20.2 Å². The maximum absolute atomic E-state index is 13.7. The Bertz CT molecular complexity index is 453. The number of hydrogen-bond acceptors (Lipinski definition) is 3. The maximum Gasteiger partial charge on any atom is 0.295 e.